The molecule has 1 aliphatic heterocycles. The Balaban J connectivity index is 2.15. The molecule has 120 valence electrons. The smallest absolute Gasteiger partial charge is 0.326 e. The summed E-state index contributed by atoms with van der Waals surface area (Å²) >= 11 is 0. The molecule has 1 heterocycles. The van der Waals surface area contributed by atoms with Gasteiger partial charge in [-0.3, -0.25) is 4.79 Å². The van der Waals surface area contributed by atoms with Crippen LogP contribution in [0.15, 0.2) is 0 Å². The fraction of sp³-hybridized carbons (Fsp3) is 0.867. The fourth-order valence-electron chi connectivity index (χ4n) is 3.77. The first-order chi connectivity index (χ1) is 9.55. The molecule has 0 aromatic carbocycles. The van der Waals surface area contributed by atoms with Crippen LogP contribution in [0, 0.1) is 22.7 Å². The van der Waals surface area contributed by atoms with Crippen molar-refractivity contribution in [2.24, 2.45) is 28.4 Å². The Labute approximate surface area is 125 Å². The second kappa shape index (κ2) is 4.95. The highest BCUT2D eigenvalue weighted by Crippen LogP contribution is 2.64. The van der Waals surface area contributed by atoms with E-state index in [0.717, 1.165) is 0 Å². The average Bonchev–Trinajstić information content (AvgIpc) is 2.77. The number of amides is 1. The molecule has 1 aliphatic carbocycles. The SMILES string of the molecule is COCC(C)(C)[C@H](N)C(=O)N1C[C@H]2[C@@H]([C@H]1C(=O)O)C2(C)C. The molecule has 6 heteroatoms. The molecule has 2 rings (SSSR count). The highest BCUT2D eigenvalue weighted by Gasteiger charge is 2.69. The minimum atomic E-state index is -0.932. The predicted octanol–water partition coefficient (Wildman–Crippen LogP) is 0.554. The number of fused-ring (bicyclic) bond motifs is 1. The van der Waals surface area contributed by atoms with Crippen LogP contribution in [0.25, 0.3) is 0 Å². The average molecular weight is 298 g/mol. The molecule has 2 fully saturated rings. The largest absolute Gasteiger partial charge is 0.480 e. The number of carboxylic acid groups (broad SMARTS) is 1. The maximum Gasteiger partial charge on any atom is 0.326 e. The first kappa shape index (κ1) is 16.2. The molecule has 1 saturated carbocycles. The second-order valence-corrected chi connectivity index (χ2v) is 7.63. The normalized spacial score (nSPS) is 31.7. The summed E-state index contributed by atoms with van der Waals surface area (Å²) in [5.41, 5.74) is 5.56. The summed E-state index contributed by atoms with van der Waals surface area (Å²) in [5.74, 6) is -0.914. The molecule has 3 N–H and O–H groups in total. The van der Waals surface area contributed by atoms with Gasteiger partial charge in [-0.1, -0.05) is 27.7 Å². The van der Waals surface area contributed by atoms with E-state index in [-0.39, 0.29) is 23.2 Å². The molecule has 1 saturated heterocycles. The van der Waals surface area contributed by atoms with E-state index >= 15 is 0 Å². The van der Waals surface area contributed by atoms with Crippen LogP contribution >= 0.6 is 0 Å². The maximum absolute atomic E-state index is 12.6. The lowest BCUT2D eigenvalue weighted by Crippen LogP contribution is -2.56. The molecule has 0 radical (unpaired) electrons. The van der Waals surface area contributed by atoms with Crippen LogP contribution < -0.4 is 5.73 Å². The van der Waals surface area contributed by atoms with Crippen molar-refractivity contribution in [3.05, 3.63) is 0 Å². The number of rotatable bonds is 5. The van der Waals surface area contributed by atoms with Crippen LogP contribution in [-0.2, 0) is 14.3 Å². The van der Waals surface area contributed by atoms with E-state index in [1.54, 1.807) is 7.11 Å². The lowest BCUT2D eigenvalue weighted by molar-refractivity contribution is -0.152. The minimum Gasteiger partial charge on any atom is -0.480 e. The van der Waals surface area contributed by atoms with Gasteiger partial charge in [-0.2, -0.15) is 0 Å². The summed E-state index contributed by atoms with van der Waals surface area (Å²) in [7, 11) is 1.56. The van der Waals surface area contributed by atoms with E-state index in [1.165, 1.54) is 4.90 Å². The van der Waals surface area contributed by atoms with Crippen molar-refractivity contribution in [1.82, 2.24) is 4.90 Å². The highest BCUT2D eigenvalue weighted by atomic mass is 16.5. The Hall–Kier alpha value is -1.14. The number of nitrogens with two attached hydrogens (primary N) is 1. The molecular formula is C15H26N2O4. The lowest BCUT2D eigenvalue weighted by Gasteiger charge is -2.36. The summed E-state index contributed by atoms with van der Waals surface area (Å²) in [6.45, 7) is 8.68. The lowest BCUT2D eigenvalue weighted by atomic mass is 9.84. The molecule has 0 unspecified atom stereocenters. The standard InChI is InChI=1S/C15H26N2O4/c1-14(2,7-21-5)11(16)12(18)17-6-8-9(15(8,3)4)10(17)13(19)20/h8-11H,6-7,16H2,1-5H3,(H,19,20)/t8-,9-,10-,11+/m0/s1. The van der Waals surface area contributed by atoms with Gasteiger partial charge in [0.15, 0.2) is 0 Å². The van der Waals surface area contributed by atoms with Gasteiger partial charge in [0.1, 0.15) is 6.04 Å². The number of piperidine rings is 1. The zero-order valence-electron chi connectivity index (χ0n) is 13.4. The number of carbonyl (C=O) groups is 2. The van der Waals surface area contributed by atoms with Gasteiger partial charge in [0.05, 0.1) is 12.6 Å². The van der Waals surface area contributed by atoms with Gasteiger partial charge in [-0.25, -0.2) is 4.79 Å². The minimum absolute atomic E-state index is 0.00593. The van der Waals surface area contributed by atoms with Crippen molar-refractivity contribution in [3.63, 3.8) is 0 Å². The number of aliphatic carboxylic acids is 1. The number of methoxy groups -OCH3 is 1. The number of carboxylic acids is 1. The van der Waals surface area contributed by atoms with Gasteiger partial charge >= 0.3 is 5.97 Å². The second-order valence-electron chi connectivity index (χ2n) is 7.63. The molecule has 0 spiro atoms. The van der Waals surface area contributed by atoms with Crippen LogP contribution in [0.1, 0.15) is 27.7 Å². The zero-order chi connectivity index (χ0) is 16.2. The first-order valence-corrected chi connectivity index (χ1v) is 7.33. The summed E-state index contributed by atoms with van der Waals surface area (Å²) in [4.78, 5) is 25.7. The third-order valence-electron chi connectivity index (χ3n) is 5.37. The molecule has 21 heavy (non-hydrogen) atoms. The van der Waals surface area contributed by atoms with Crippen LogP contribution in [0.3, 0.4) is 0 Å². The number of hydrogen-bond donors (Lipinski definition) is 2. The Morgan fingerprint density at radius 1 is 1.48 bits per heavy atom. The van der Waals surface area contributed by atoms with Crippen molar-refractivity contribution in [3.8, 4) is 0 Å². The zero-order valence-corrected chi connectivity index (χ0v) is 13.4. The van der Waals surface area contributed by atoms with E-state index < -0.39 is 23.5 Å². The number of nitrogens with zero attached hydrogens (tertiary/aromatic N) is 1. The maximum atomic E-state index is 12.6. The molecule has 4 atom stereocenters. The molecule has 6 nitrogen and oxygen atoms in total. The number of hydrogen-bond acceptors (Lipinski definition) is 4. The Kier molecular flexibility index (Phi) is 3.83. The first-order valence-electron chi connectivity index (χ1n) is 7.33. The predicted molar refractivity (Wildman–Crippen MR) is 77.5 cm³/mol. The van der Waals surface area contributed by atoms with E-state index in [4.69, 9.17) is 10.5 Å². The van der Waals surface area contributed by atoms with Crippen LogP contribution in [0.5, 0.6) is 0 Å². The Bertz CT molecular complexity index is 461. The quantitative estimate of drug-likeness (QED) is 0.773. The summed E-state index contributed by atoms with van der Waals surface area (Å²) in [5, 5.41) is 9.49. The van der Waals surface area contributed by atoms with E-state index in [1.807, 2.05) is 13.8 Å². The van der Waals surface area contributed by atoms with Gasteiger partial charge in [0.25, 0.3) is 0 Å². The Morgan fingerprint density at radius 2 is 2.05 bits per heavy atom. The molecule has 2 aliphatic rings. The molecule has 0 bridgehead atoms. The van der Waals surface area contributed by atoms with Gasteiger partial charge in [-0.15, -0.1) is 0 Å². The molecule has 0 aromatic heterocycles. The number of ether oxygens (including phenoxy) is 1. The number of likely N-dealkylation sites (tertiary alicyclic amines) is 1. The van der Waals surface area contributed by atoms with Crippen molar-refractivity contribution in [2.75, 3.05) is 20.3 Å². The van der Waals surface area contributed by atoms with Gasteiger partial charge < -0.3 is 20.5 Å². The van der Waals surface area contributed by atoms with E-state index in [0.29, 0.717) is 13.2 Å². The van der Waals surface area contributed by atoms with E-state index in [9.17, 15) is 14.7 Å². The van der Waals surface area contributed by atoms with Crippen molar-refractivity contribution < 1.29 is 19.4 Å². The fourth-order valence-corrected chi connectivity index (χ4v) is 3.77. The van der Waals surface area contributed by atoms with Crippen molar-refractivity contribution >= 4 is 11.9 Å². The summed E-state index contributed by atoms with van der Waals surface area (Å²) in [6, 6.07) is -1.51. The summed E-state index contributed by atoms with van der Waals surface area (Å²) < 4.78 is 5.11. The third-order valence-corrected chi connectivity index (χ3v) is 5.37. The molecule has 1 amide bonds. The Morgan fingerprint density at radius 3 is 2.52 bits per heavy atom. The van der Waals surface area contributed by atoms with Crippen molar-refractivity contribution in [2.45, 2.75) is 39.8 Å². The number of carbonyl (C=O) groups excluding carboxylic acids is 1. The van der Waals surface area contributed by atoms with Gasteiger partial charge in [0.2, 0.25) is 5.91 Å². The van der Waals surface area contributed by atoms with Crippen molar-refractivity contribution in [1.29, 1.82) is 0 Å². The topological polar surface area (TPSA) is 92.9 Å². The summed E-state index contributed by atoms with van der Waals surface area (Å²) in [6.07, 6.45) is 0. The van der Waals surface area contributed by atoms with Crippen LogP contribution in [0.2, 0.25) is 0 Å². The van der Waals surface area contributed by atoms with E-state index in [2.05, 4.69) is 13.8 Å². The highest BCUT2D eigenvalue weighted by molar-refractivity contribution is 5.89. The monoisotopic (exact) mass is 298 g/mol. The van der Waals surface area contributed by atoms with Gasteiger partial charge in [-0.05, 0) is 11.3 Å². The van der Waals surface area contributed by atoms with Gasteiger partial charge in [0, 0.05) is 25.0 Å². The molecular weight excluding hydrogens is 272 g/mol. The third kappa shape index (κ3) is 2.44. The van der Waals surface area contributed by atoms with Crippen LogP contribution in [-0.4, -0.2) is 54.2 Å². The van der Waals surface area contributed by atoms with Crippen LogP contribution in [0.4, 0.5) is 0 Å². The molecule has 0 aromatic rings.